The maximum Gasteiger partial charge on any atom is 0.289 e. The van der Waals surface area contributed by atoms with Gasteiger partial charge in [-0.2, -0.15) is 0 Å². The van der Waals surface area contributed by atoms with Gasteiger partial charge in [0.05, 0.1) is 6.26 Å². The highest BCUT2D eigenvalue weighted by atomic mass is 16.3. The SMILES string of the molecule is CCCCC(=O)Nc1cccc(-c2cc3c(o2)CCN(C(=O)c2ccco2)C3)c1. The van der Waals surface area contributed by atoms with Crippen molar-refractivity contribution in [1.82, 2.24) is 4.90 Å². The topological polar surface area (TPSA) is 75.7 Å². The van der Waals surface area contributed by atoms with Crippen LogP contribution in [0.2, 0.25) is 0 Å². The third-order valence-corrected chi connectivity index (χ3v) is 5.07. The van der Waals surface area contributed by atoms with Crippen LogP contribution in [0.15, 0.2) is 57.6 Å². The average molecular weight is 392 g/mol. The molecule has 2 aromatic heterocycles. The zero-order valence-electron chi connectivity index (χ0n) is 16.4. The maximum absolute atomic E-state index is 12.5. The zero-order valence-corrected chi connectivity index (χ0v) is 16.4. The van der Waals surface area contributed by atoms with E-state index in [0.717, 1.165) is 41.2 Å². The third-order valence-electron chi connectivity index (χ3n) is 5.07. The summed E-state index contributed by atoms with van der Waals surface area (Å²) in [6, 6.07) is 13.0. The molecule has 1 aromatic carbocycles. The molecule has 4 rings (SSSR count). The number of nitrogens with zero attached hydrogens (tertiary/aromatic N) is 1. The molecular formula is C23H24N2O4. The number of anilines is 1. The van der Waals surface area contributed by atoms with E-state index in [1.165, 1.54) is 6.26 Å². The predicted octanol–water partition coefficient (Wildman–Crippen LogP) is 4.87. The summed E-state index contributed by atoms with van der Waals surface area (Å²) in [7, 11) is 0. The molecule has 6 nitrogen and oxygen atoms in total. The van der Waals surface area contributed by atoms with Crippen molar-refractivity contribution >= 4 is 17.5 Å². The molecule has 3 aromatic rings. The number of rotatable bonds is 6. The normalized spacial score (nSPS) is 13.2. The van der Waals surface area contributed by atoms with Crippen molar-refractivity contribution in [2.45, 2.75) is 39.2 Å². The van der Waals surface area contributed by atoms with Crippen LogP contribution in [0.3, 0.4) is 0 Å². The number of fused-ring (bicyclic) bond motifs is 1. The standard InChI is InChI=1S/C23H24N2O4/c1-2-3-9-22(26)24-18-7-4-6-16(13-18)21-14-17-15-25(11-10-19(17)29-21)23(27)20-8-5-12-28-20/h4-8,12-14H,2-3,9-11,15H2,1H3,(H,24,26). The molecule has 1 aliphatic heterocycles. The predicted molar refractivity (Wildman–Crippen MR) is 109 cm³/mol. The minimum Gasteiger partial charge on any atom is -0.461 e. The lowest BCUT2D eigenvalue weighted by Crippen LogP contribution is -2.35. The molecule has 0 aliphatic carbocycles. The second-order valence-corrected chi connectivity index (χ2v) is 7.25. The Morgan fingerprint density at radius 3 is 2.86 bits per heavy atom. The van der Waals surface area contributed by atoms with Crippen LogP contribution in [0.1, 0.15) is 48.1 Å². The van der Waals surface area contributed by atoms with Crippen LogP contribution in [-0.2, 0) is 17.8 Å². The molecule has 0 atom stereocenters. The highest BCUT2D eigenvalue weighted by Gasteiger charge is 2.26. The summed E-state index contributed by atoms with van der Waals surface area (Å²) in [4.78, 5) is 26.3. The smallest absolute Gasteiger partial charge is 0.289 e. The van der Waals surface area contributed by atoms with Gasteiger partial charge in [-0.1, -0.05) is 25.5 Å². The number of unbranched alkanes of at least 4 members (excludes halogenated alkanes) is 1. The Labute approximate surface area is 169 Å². The van der Waals surface area contributed by atoms with E-state index in [2.05, 4.69) is 12.2 Å². The lowest BCUT2D eigenvalue weighted by Gasteiger charge is -2.25. The number of nitrogens with one attached hydrogen (secondary N) is 1. The van der Waals surface area contributed by atoms with E-state index in [4.69, 9.17) is 8.83 Å². The Morgan fingerprint density at radius 1 is 1.17 bits per heavy atom. The summed E-state index contributed by atoms with van der Waals surface area (Å²) in [5.41, 5.74) is 2.66. The molecule has 0 saturated heterocycles. The summed E-state index contributed by atoms with van der Waals surface area (Å²) in [6.45, 7) is 3.15. The van der Waals surface area contributed by atoms with Gasteiger partial charge in [0.2, 0.25) is 5.91 Å². The van der Waals surface area contributed by atoms with Crippen molar-refractivity contribution in [2.24, 2.45) is 0 Å². The van der Waals surface area contributed by atoms with Crippen LogP contribution in [-0.4, -0.2) is 23.3 Å². The molecule has 1 aliphatic rings. The molecule has 150 valence electrons. The summed E-state index contributed by atoms with van der Waals surface area (Å²) in [6.07, 6.45) is 4.56. The molecule has 0 radical (unpaired) electrons. The first-order chi connectivity index (χ1) is 14.1. The Balaban J connectivity index is 1.48. The van der Waals surface area contributed by atoms with Crippen LogP contribution in [0.25, 0.3) is 11.3 Å². The highest BCUT2D eigenvalue weighted by molar-refractivity contribution is 5.92. The van der Waals surface area contributed by atoms with Crippen molar-refractivity contribution < 1.29 is 18.4 Å². The van der Waals surface area contributed by atoms with Crippen LogP contribution >= 0.6 is 0 Å². The van der Waals surface area contributed by atoms with Crippen molar-refractivity contribution in [3.63, 3.8) is 0 Å². The summed E-state index contributed by atoms with van der Waals surface area (Å²) < 4.78 is 11.3. The number of hydrogen-bond donors (Lipinski definition) is 1. The van der Waals surface area contributed by atoms with Gasteiger partial charge in [0.25, 0.3) is 5.91 Å². The number of carbonyl (C=O) groups is 2. The maximum atomic E-state index is 12.5. The van der Waals surface area contributed by atoms with E-state index < -0.39 is 0 Å². The molecule has 0 fully saturated rings. The van der Waals surface area contributed by atoms with E-state index >= 15 is 0 Å². The molecular weight excluding hydrogens is 368 g/mol. The Hall–Kier alpha value is -3.28. The fourth-order valence-corrected chi connectivity index (χ4v) is 3.52. The first-order valence-electron chi connectivity index (χ1n) is 9.98. The van der Waals surface area contributed by atoms with Gasteiger partial charge in [0, 0.05) is 42.7 Å². The Bertz CT molecular complexity index is 1000. The number of benzene rings is 1. The van der Waals surface area contributed by atoms with Crippen LogP contribution in [0.5, 0.6) is 0 Å². The fourth-order valence-electron chi connectivity index (χ4n) is 3.52. The van der Waals surface area contributed by atoms with Crippen molar-refractivity contribution in [3.05, 3.63) is 65.8 Å². The van der Waals surface area contributed by atoms with Gasteiger partial charge in [0.1, 0.15) is 11.5 Å². The van der Waals surface area contributed by atoms with Gasteiger partial charge in [0.15, 0.2) is 5.76 Å². The largest absolute Gasteiger partial charge is 0.461 e. The number of amides is 2. The van der Waals surface area contributed by atoms with Crippen LogP contribution in [0, 0.1) is 0 Å². The van der Waals surface area contributed by atoms with Crippen molar-refractivity contribution in [1.29, 1.82) is 0 Å². The van der Waals surface area contributed by atoms with E-state index in [1.54, 1.807) is 17.0 Å². The van der Waals surface area contributed by atoms with E-state index in [9.17, 15) is 9.59 Å². The van der Waals surface area contributed by atoms with Crippen molar-refractivity contribution in [2.75, 3.05) is 11.9 Å². The Morgan fingerprint density at radius 2 is 2.07 bits per heavy atom. The highest BCUT2D eigenvalue weighted by Crippen LogP contribution is 2.31. The molecule has 6 heteroatoms. The molecule has 3 heterocycles. The average Bonchev–Trinajstić information content (AvgIpc) is 3.41. The molecule has 0 bridgehead atoms. The van der Waals surface area contributed by atoms with Gasteiger partial charge in [-0.25, -0.2) is 0 Å². The quantitative estimate of drug-likeness (QED) is 0.649. The second kappa shape index (κ2) is 8.39. The van der Waals surface area contributed by atoms with Crippen molar-refractivity contribution in [3.8, 4) is 11.3 Å². The summed E-state index contributed by atoms with van der Waals surface area (Å²) in [5.74, 6) is 1.91. The summed E-state index contributed by atoms with van der Waals surface area (Å²) in [5, 5.41) is 2.94. The van der Waals surface area contributed by atoms with Gasteiger partial charge >= 0.3 is 0 Å². The van der Waals surface area contributed by atoms with Crippen LogP contribution in [0.4, 0.5) is 5.69 Å². The van der Waals surface area contributed by atoms with Gasteiger partial charge in [-0.15, -0.1) is 0 Å². The van der Waals surface area contributed by atoms with Gasteiger partial charge in [-0.05, 0) is 36.8 Å². The molecule has 0 unspecified atom stereocenters. The molecule has 29 heavy (non-hydrogen) atoms. The molecule has 1 N–H and O–H groups in total. The molecule has 0 saturated carbocycles. The third kappa shape index (κ3) is 4.26. The zero-order chi connectivity index (χ0) is 20.2. The van der Waals surface area contributed by atoms with Gasteiger partial charge < -0.3 is 19.1 Å². The summed E-state index contributed by atoms with van der Waals surface area (Å²) >= 11 is 0. The fraction of sp³-hybridized carbons (Fsp3) is 0.304. The number of hydrogen-bond acceptors (Lipinski definition) is 4. The van der Waals surface area contributed by atoms with E-state index in [-0.39, 0.29) is 11.8 Å². The lowest BCUT2D eigenvalue weighted by atomic mass is 10.1. The van der Waals surface area contributed by atoms with E-state index in [1.807, 2.05) is 30.3 Å². The lowest BCUT2D eigenvalue weighted by molar-refractivity contribution is -0.116. The number of carbonyl (C=O) groups excluding carboxylic acids is 2. The van der Waals surface area contributed by atoms with Crippen LogP contribution < -0.4 is 5.32 Å². The monoisotopic (exact) mass is 392 g/mol. The Kier molecular flexibility index (Phi) is 5.51. The molecule has 0 spiro atoms. The first kappa shape index (κ1) is 19.1. The van der Waals surface area contributed by atoms with Gasteiger partial charge in [-0.3, -0.25) is 9.59 Å². The number of furan rings is 2. The molecule has 2 amide bonds. The minimum atomic E-state index is -0.111. The second-order valence-electron chi connectivity index (χ2n) is 7.25. The van der Waals surface area contributed by atoms with E-state index in [0.29, 0.717) is 31.7 Å². The first-order valence-corrected chi connectivity index (χ1v) is 9.98. The minimum absolute atomic E-state index is 0.0230.